The first-order valence-corrected chi connectivity index (χ1v) is 26.5. The van der Waals surface area contributed by atoms with Crippen LogP contribution in [0.5, 0.6) is 0 Å². The molecular formula is C58H84F2N4O7. The quantitative estimate of drug-likeness (QED) is 0.268. The zero-order valence-corrected chi connectivity index (χ0v) is 44.9. The number of rotatable bonds is 8. The molecule has 4 aliphatic carbocycles. The summed E-state index contributed by atoms with van der Waals surface area (Å²) < 4.78 is 37.9. The van der Waals surface area contributed by atoms with Crippen LogP contribution in [-0.2, 0) is 31.9 Å². The fraction of sp³-hybridized carbons (Fsp3) is 0.655. The number of aliphatic carboxylic acids is 1. The van der Waals surface area contributed by atoms with Crippen molar-refractivity contribution in [2.24, 2.45) is 35.5 Å². The van der Waals surface area contributed by atoms with E-state index < -0.39 is 17.2 Å². The molecule has 2 aromatic carbocycles. The van der Waals surface area contributed by atoms with E-state index >= 15 is 0 Å². The molecule has 3 amide bonds. The minimum absolute atomic E-state index is 0.0442. The van der Waals surface area contributed by atoms with Gasteiger partial charge in [-0.15, -0.1) is 0 Å². The molecule has 2 unspecified atom stereocenters. The number of carboxylic acid groups (broad SMARTS) is 1. The van der Waals surface area contributed by atoms with Gasteiger partial charge in [-0.1, -0.05) is 39.8 Å². The number of halogens is 2. The Kier molecular flexibility index (Phi) is 18.3. The lowest BCUT2D eigenvalue weighted by atomic mass is 9.79. The van der Waals surface area contributed by atoms with Crippen LogP contribution in [0.1, 0.15) is 156 Å². The smallest absolute Gasteiger partial charge is 0.410 e. The summed E-state index contributed by atoms with van der Waals surface area (Å²) in [5.41, 5.74) is 9.32. The molecule has 2 atom stereocenters. The average molecular weight is 987 g/mol. The summed E-state index contributed by atoms with van der Waals surface area (Å²) in [7, 11) is 3.53. The topological polar surface area (TPSA) is 129 Å². The van der Waals surface area contributed by atoms with Crippen LogP contribution in [0.2, 0.25) is 0 Å². The molecule has 2 N–H and O–H groups in total. The van der Waals surface area contributed by atoms with Gasteiger partial charge in [-0.25, -0.2) is 18.4 Å². The maximum Gasteiger partial charge on any atom is 0.410 e. The monoisotopic (exact) mass is 987 g/mol. The third-order valence-electron chi connectivity index (χ3n) is 15.2. The van der Waals surface area contributed by atoms with Gasteiger partial charge in [-0.2, -0.15) is 0 Å². The minimum Gasteiger partial charge on any atom is -0.481 e. The van der Waals surface area contributed by atoms with Crippen molar-refractivity contribution in [2.45, 2.75) is 170 Å². The predicted octanol–water partition coefficient (Wildman–Crippen LogP) is 12.0. The molecule has 8 rings (SSSR count). The van der Waals surface area contributed by atoms with Gasteiger partial charge < -0.3 is 34.6 Å². The van der Waals surface area contributed by atoms with Crippen molar-refractivity contribution in [3.63, 3.8) is 0 Å². The Labute approximate surface area is 423 Å². The largest absolute Gasteiger partial charge is 0.481 e. The lowest BCUT2D eigenvalue weighted by molar-refractivity contribution is -0.143. The predicted molar refractivity (Wildman–Crippen MR) is 277 cm³/mol. The van der Waals surface area contributed by atoms with E-state index in [1.54, 1.807) is 48.2 Å². The SMILES string of the molecule is CC(C)C1C2=C(CCN1C(=O)C1CCC(CN(C)C(=O)OC(C)(C)C)CC1)c1ccc(F)cc1C2.CC(C)C1NCCC2=C1Cc1cc(F)ccc12.CN(CC1CCC(C(=O)O)CC1)C(=O)OC(C)(C)C. The van der Waals surface area contributed by atoms with E-state index in [9.17, 15) is 28.0 Å². The molecule has 13 heteroatoms. The van der Waals surface area contributed by atoms with Crippen LogP contribution >= 0.6 is 0 Å². The lowest BCUT2D eigenvalue weighted by Gasteiger charge is -2.42. The van der Waals surface area contributed by atoms with Crippen LogP contribution in [0.25, 0.3) is 11.1 Å². The van der Waals surface area contributed by atoms with Crippen LogP contribution < -0.4 is 5.32 Å². The van der Waals surface area contributed by atoms with E-state index in [1.165, 1.54) is 39.0 Å². The molecule has 0 spiro atoms. The number of benzene rings is 2. The first-order chi connectivity index (χ1) is 33.3. The van der Waals surface area contributed by atoms with E-state index in [0.717, 1.165) is 82.9 Å². The molecule has 0 bridgehead atoms. The van der Waals surface area contributed by atoms with E-state index in [-0.39, 0.29) is 47.6 Å². The Hall–Kier alpha value is -4.78. The maximum atomic E-state index is 13.9. The Balaban J connectivity index is 0.000000192. The van der Waals surface area contributed by atoms with Crippen molar-refractivity contribution in [1.29, 1.82) is 0 Å². The molecule has 2 heterocycles. The molecule has 2 saturated carbocycles. The van der Waals surface area contributed by atoms with Gasteiger partial charge in [0.25, 0.3) is 0 Å². The summed E-state index contributed by atoms with van der Waals surface area (Å²) in [6.45, 7) is 23.1. The van der Waals surface area contributed by atoms with Gasteiger partial charge in [-0.3, -0.25) is 9.59 Å². The van der Waals surface area contributed by atoms with Crippen LogP contribution in [0.3, 0.4) is 0 Å². The number of carbonyl (C=O) groups is 4. The molecule has 392 valence electrons. The number of carboxylic acids is 1. The Morgan fingerprint density at radius 2 is 1.13 bits per heavy atom. The second-order valence-electron chi connectivity index (χ2n) is 23.9. The Bertz CT molecular complexity index is 2290. The highest BCUT2D eigenvalue weighted by molar-refractivity contribution is 5.84. The standard InChI is InChI=1S/C29H41FN2O3.C15H18FN.C14H25NO4/c1-18(2)26-25-16-21-15-22(30)11-12-23(21)24(25)13-14-32(26)27(33)20-9-7-19(8-10-20)17-31(6)28(34)35-29(3,4)5;1-9(2)15-14-8-10-7-11(16)3-4-12(10)13(14)5-6-17-15;1-14(2,3)19-13(18)15(4)9-10-5-7-11(8-6-10)12(16)17/h11-12,15,18-20,26H,7-10,13-14,16-17H2,1-6H3;3-4,7,9,15,17H,5-6,8H2,1-2H3;10-11H,5-9H2,1-4H3,(H,16,17). The summed E-state index contributed by atoms with van der Waals surface area (Å²) >= 11 is 0. The molecule has 6 aliphatic rings. The molecular weight excluding hydrogens is 903 g/mol. The molecule has 0 aromatic heterocycles. The van der Waals surface area contributed by atoms with Gasteiger partial charge in [0.15, 0.2) is 0 Å². The van der Waals surface area contributed by atoms with Gasteiger partial charge in [-0.05, 0) is 218 Å². The number of hydrogen-bond acceptors (Lipinski definition) is 7. The normalized spacial score (nSPS) is 23.9. The van der Waals surface area contributed by atoms with E-state index in [0.29, 0.717) is 55.6 Å². The molecule has 2 aliphatic heterocycles. The molecule has 2 aromatic rings. The molecule has 0 radical (unpaired) electrons. The zero-order chi connectivity index (χ0) is 52.1. The van der Waals surface area contributed by atoms with E-state index in [1.807, 2.05) is 53.7 Å². The highest BCUT2D eigenvalue weighted by Crippen LogP contribution is 2.45. The second kappa shape index (κ2) is 23.4. The van der Waals surface area contributed by atoms with E-state index in [2.05, 4.69) is 37.9 Å². The summed E-state index contributed by atoms with van der Waals surface area (Å²) in [6.07, 6.45) is 9.78. The van der Waals surface area contributed by atoms with Crippen molar-refractivity contribution >= 4 is 35.2 Å². The van der Waals surface area contributed by atoms with Gasteiger partial charge in [0.1, 0.15) is 22.8 Å². The van der Waals surface area contributed by atoms with Crippen molar-refractivity contribution in [1.82, 2.24) is 20.0 Å². The second-order valence-corrected chi connectivity index (χ2v) is 23.9. The van der Waals surface area contributed by atoms with Crippen molar-refractivity contribution in [2.75, 3.05) is 40.3 Å². The van der Waals surface area contributed by atoms with Crippen LogP contribution in [0, 0.1) is 47.1 Å². The van der Waals surface area contributed by atoms with Crippen molar-refractivity contribution in [3.05, 3.63) is 81.4 Å². The maximum absolute atomic E-state index is 13.9. The fourth-order valence-electron chi connectivity index (χ4n) is 11.9. The molecule has 71 heavy (non-hydrogen) atoms. The number of carbonyl (C=O) groups excluding carboxylic acids is 3. The van der Waals surface area contributed by atoms with E-state index in [4.69, 9.17) is 14.6 Å². The van der Waals surface area contributed by atoms with Crippen molar-refractivity contribution < 1.29 is 42.5 Å². The van der Waals surface area contributed by atoms with Crippen LogP contribution in [0.15, 0.2) is 47.5 Å². The first kappa shape index (κ1) is 55.5. The summed E-state index contributed by atoms with van der Waals surface area (Å²) in [5, 5.41) is 12.5. The van der Waals surface area contributed by atoms with Gasteiger partial charge in [0.2, 0.25) is 5.91 Å². The third kappa shape index (κ3) is 14.5. The highest BCUT2D eigenvalue weighted by atomic mass is 19.1. The Morgan fingerprint density at radius 3 is 1.56 bits per heavy atom. The molecule has 11 nitrogen and oxygen atoms in total. The third-order valence-corrected chi connectivity index (χ3v) is 15.2. The highest BCUT2D eigenvalue weighted by Gasteiger charge is 2.41. The fourth-order valence-corrected chi connectivity index (χ4v) is 11.9. The first-order valence-electron chi connectivity index (χ1n) is 26.5. The minimum atomic E-state index is -0.695. The van der Waals surface area contributed by atoms with Crippen LogP contribution in [-0.4, -0.2) is 107 Å². The average Bonchev–Trinajstić information content (AvgIpc) is 3.85. The van der Waals surface area contributed by atoms with Crippen LogP contribution in [0.4, 0.5) is 18.4 Å². The number of fused-ring (bicyclic) bond motifs is 4. The number of nitrogens with zero attached hydrogens (tertiary/aromatic N) is 3. The number of ether oxygens (including phenoxy) is 2. The van der Waals surface area contributed by atoms with Gasteiger partial charge >= 0.3 is 18.2 Å². The lowest BCUT2D eigenvalue weighted by Crippen LogP contribution is -2.50. The summed E-state index contributed by atoms with van der Waals surface area (Å²) in [5.74, 6) is 0.799. The van der Waals surface area contributed by atoms with Crippen molar-refractivity contribution in [3.8, 4) is 0 Å². The zero-order valence-electron chi connectivity index (χ0n) is 44.9. The summed E-state index contributed by atoms with van der Waals surface area (Å²) in [6, 6.07) is 10.9. The molecule has 0 saturated heterocycles. The molecule has 2 fully saturated rings. The number of amides is 3. The Morgan fingerprint density at radius 1 is 0.676 bits per heavy atom. The van der Waals surface area contributed by atoms with Gasteiger partial charge in [0.05, 0.1) is 12.0 Å². The number of hydrogen-bond donors (Lipinski definition) is 2. The van der Waals surface area contributed by atoms with Gasteiger partial charge in [0, 0.05) is 45.7 Å². The number of nitrogens with one attached hydrogen (secondary N) is 1. The summed E-state index contributed by atoms with van der Waals surface area (Å²) in [4.78, 5) is 54.1.